The van der Waals surface area contributed by atoms with E-state index in [1.54, 1.807) is 0 Å². The summed E-state index contributed by atoms with van der Waals surface area (Å²) in [5.41, 5.74) is 2.16. The summed E-state index contributed by atoms with van der Waals surface area (Å²) in [6.07, 6.45) is 0.933. The molecule has 0 aliphatic heterocycles. The van der Waals surface area contributed by atoms with Gasteiger partial charge in [0.1, 0.15) is 6.04 Å². The lowest BCUT2D eigenvalue weighted by Crippen LogP contribution is -2.37. The first kappa shape index (κ1) is 14.6. The van der Waals surface area contributed by atoms with E-state index < -0.39 is 0 Å². The molecule has 100 valence electrons. The second-order valence-electron chi connectivity index (χ2n) is 4.63. The molecule has 3 heteroatoms. The molecule has 0 bridgehead atoms. The maximum Gasteiger partial charge on any atom is 0.328 e. The molecule has 0 unspecified atom stereocenters. The topological polar surface area (TPSA) is 38.3 Å². The van der Waals surface area contributed by atoms with Crippen molar-refractivity contribution in [2.24, 2.45) is 5.92 Å². The summed E-state index contributed by atoms with van der Waals surface area (Å²) in [5, 5.41) is 3.27. The normalized spacial score (nSPS) is 13.8. The van der Waals surface area contributed by atoms with E-state index in [0.717, 1.165) is 12.1 Å². The van der Waals surface area contributed by atoms with Crippen LogP contribution in [0.4, 0.5) is 5.69 Å². The van der Waals surface area contributed by atoms with Gasteiger partial charge in [0.2, 0.25) is 0 Å². The Morgan fingerprint density at radius 2 is 1.89 bits per heavy atom. The molecule has 1 rings (SSSR count). The molecule has 0 amide bonds. The van der Waals surface area contributed by atoms with Gasteiger partial charge in [-0.2, -0.15) is 0 Å². The van der Waals surface area contributed by atoms with Gasteiger partial charge in [0.05, 0.1) is 6.61 Å². The maximum absolute atomic E-state index is 11.9. The van der Waals surface area contributed by atoms with E-state index in [4.69, 9.17) is 4.74 Å². The van der Waals surface area contributed by atoms with Crippen molar-refractivity contribution < 1.29 is 9.53 Å². The van der Waals surface area contributed by atoms with Crippen LogP contribution in [-0.2, 0) is 9.53 Å². The SMILES string of the molecule is CCOC(=O)[C@H](Nc1ccc(C)cc1)[C@@H](C)CC. The van der Waals surface area contributed by atoms with E-state index in [0.29, 0.717) is 6.61 Å². The average molecular weight is 249 g/mol. The number of hydrogen-bond acceptors (Lipinski definition) is 3. The first-order valence-corrected chi connectivity index (χ1v) is 6.58. The van der Waals surface area contributed by atoms with Crippen LogP contribution in [0.25, 0.3) is 0 Å². The summed E-state index contributed by atoms with van der Waals surface area (Å²) in [4.78, 5) is 11.9. The van der Waals surface area contributed by atoms with Gasteiger partial charge in [-0.05, 0) is 31.9 Å². The summed E-state index contributed by atoms with van der Waals surface area (Å²) >= 11 is 0. The predicted octanol–water partition coefficient (Wildman–Crippen LogP) is 3.38. The summed E-state index contributed by atoms with van der Waals surface area (Å²) in [6.45, 7) is 8.43. The van der Waals surface area contributed by atoms with Crippen LogP contribution in [0.2, 0.25) is 0 Å². The van der Waals surface area contributed by atoms with Gasteiger partial charge in [0, 0.05) is 5.69 Å². The van der Waals surface area contributed by atoms with Crippen LogP contribution in [0, 0.1) is 12.8 Å². The standard InChI is InChI=1S/C15H23NO2/c1-5-12(4)14(15(17)18-6-2)16-13-9-7-11(3)8-10-13/h7-10,12,14,16H,5-6H2,1-4H3/t12-,14+/m0/s1. The van der Waals surface area contributed by atoms with Crippen LogP contribution in [0.5, 0.6) is 0 Å². The molecular formula is C15H23NO2. The summed E-state index contributed by atoms with van der Waals surface area (Å²) in [6, 6.07) is 7.76. The molecule has 1 aromatic rings. The minimum Gasteiger partial charge on any atom is -0.464 e. The zero-order valence-corrected chi connectivity index (χ0v) is 11.7. The molecule has 3 nitrogen and oxygen atoms in total. The molecule has 0 aliphatic carbocycles. The maximum atomic E-state index is 11.9. The van der Waals surface area contributed by atoms with E-state index in [1.807, 2.05) is 38.1 Å². The van der Waals surface area contributed by atoms with Gasteiger partial charge in [-0.25, -0.2) is 4.79 Å². The van der Waals surface area contributed by atoms with Crippen molar-refractivity contribution in [2.75, 3.05) is 11.9 Å². The first-order valence-electron chi connectivity index (χ1n) is 6.58. The summed E-state index contributed by atoms with van der Waals surface area (Å²) < 4.78 is 5.12. The van der Waals surface area contributed by atoms with Crippen LogP contribution >= 0.6 is 0 Å². The fraction of sp³-hybridized carbons (Fsp3) is 0.533. The second-order valence-corrected chi connectivity index (χ2v) is 4.63. The van der Waals surface area contributed by atoms with Crippen LogP contribution < -0.4 is 5.32 Å². The molecule has 0 heterocycles. The van der Waals surface area contributed by atoms with Gasteiger partial charge >= 0.3 is 5.97 Å². The third-order valence-electron chi connectivity index (χ3n) is 3.13. The van der Waals surface area contributed by atoms with Gasteiger partial charge in [-0.15, -0.1) is 0 Å². The van der Waals surface area contributed by atoms with Gasteiger partial charge in [0.15, 0.2) is 0 Å². The number of anilines is 1. The van der Waals surface area contributed by atoms with Crippen molar-refractivity contribution in [1.82, 2.24) is 0 Å². The Hall–Kier alpha value is -1.51. The molecule has 18 heavy (non-hydrogen) atoms. The van der Waals surface area contributed by atoms with E-state index in [1.165, 1.54) is 5.56 Å². The van der Waals surface area contributed by atoms with Gasteiger partial charge in [0.25, 0.3) is 0 Å². The molecule has 1 aromatic carbocycles. The Kier molecular flexibility index (Phi) is 5.69. The minimum atomic E-state index is -0.280. The number of rotatable bonds is 6. The molecule has 0 aliphatic rings. The highest BCUT2D eigenvalue weighted by Gasteiger charge is 2.24. The number of ether oxygens (including phenoxy) is 1. The number of nitrogens with one attached hydrogen (secondary N) is 1. The lowest BCUT2D eigenvalue weighted by atomic mass is 9.99. The lowest BCUT2D eigenvalue weighted by molar-refractivity contribution is -0.145. The van der Waals surface area contributed by atoms with Crippen molar-refractivity contribution in [2.45, 2.75) is 40.2 Å². The third kappa shape index (κ3) is 4.06. The number of esters is 1. The molecule has 0 fully saturated rings. The molecule has 0 saturated heterocycles. The molecular weight excluding hydrogens is 226 g/mol. The number of benzene rings is 1. The molecule has 0 radical (unpaired) electrons. The highest BCUT2D eigenvalue weighted by atomic mass is 16.5. The molecule has 0 spiro atoms. The Morgan fingerprint density at radius 3 is 2.39 bits per heavy atom. The monoisotopic (exact) mass is 249 g/mol. The summed E-state index contributed by atoms with van der Waals surface area (Å²) in [5.74, 6) is 0.0674. The van der Waals surface area contributed by atoms with Crippen molar-refractivity contribution >= 4 is 11.7 Å². The van der Waals surface area contributed by atoms with Crippen LogP contribution in [0.15, 0.2) is 24.3 Å². The van der Waals surface area contributed by atoms with E-state index >= 15 is 0 Å². The zero-order valence-electron chi connectivity index (χ0n) is 11.7. The third-order valence-corrected chi connectivity index (χ3v) is 3.13. The number of hydrogen-bond donors (Lipinski definition) is 1. The average Bonchev–Trinajstić information content (AvgIpc) is 2.37. The molecule has 0 aromatic heterocycles. The Labute approximate surface area is 110 Å². The highest BCUT2D eigenvalue weighted by Crippen LogP contribution is 2.17. The van der Waals surface area contributed by atoms with Crippen LogP contribution in [-0.4, -0.2) is 18.6 Å². The second kappa shape index (κ2) is 7.04. The lowest BCUT2D eigenvalue weighted by Gasteiger charge is -2.23. The van der Waals surface area contributed by atoms with Gasteiger partial charge in [-0.3, -0.25) is 0 Å². The number of carbonyl (C=O) groups is 1. The molecule has 2 atom stereocenters. The van der Waals surface area contributed by atoms with E-state index in [-0.39, 0.29) is 17.9 Å². The Bertz CT molecular complexity index is 373. The largest absolute Gasteiger partial charge is 0.464 e. The van der Waals surface area contributed by atoms with Crippen molar-refractivity contribution in [3.8, 4) is 0 Å². The Balaban J connectivity index is 2.77. The molecule has 1 N–H and O–H groups in total. The fourth-order valence-electron chi connectivity index (χ4n) is 1.73. The minimum absolute atomic E-state index is 0.174. The van der Waals surface area contributed by atoms with E-state index in [9.17, 15) is 4.79 Å². The van der Waals surface area contributed by atoms with Gasteiger partial charge in [-0.1, -0.05) is 38.0 Å². The Morgan fingerprint density at radius 1 is 1.28 bits per heavy atom. The van der Waals surface area contributed by atoms with Crippen molar-refractivity contribution in [1.29, 1.82) is 0 Å². The zero-order chi connectivity index (χ0) is 13.5. The first-order chi connectivity index (χ1) is 8.58. The highest BCUT2D eigenvalue weighted by molar-refractivity contribution is 5.79. The van der Waals surface area contributed by atoms with Crippen molar-refractivity contribution in [3.05, 3.63) is 29.8 Å². The quantitative estimate of drug-likeness (QED) is 0.785. The predicted molar refractivity (Wildman–Crippen MR) is 74.7 cm³/mol. The van der Waals surface area contributed by atoms with Gasteiger partial charge < -0.3 is 10.1 Å². The smallest absolute Gasteiger partial charge is 0.328 e. The van der Waals surface area contributed by atoms with Crippen molar-refractivity contribution in [3.63, 3.8) is 0 Å². The molecule has 0 saturated carbocycles. The van der Waals surface area contributed by atoms with Crippen LogP contribution in [0.3, 0.4) is 0 Å². The van der Waals surface area contributed by atoms with E-state index in [2.05, 4.69) is 19.2 Å². The number of aryl methyl sites for hydroxylation is 1. The fourth-order valence-corrected chi connectivity index (χ4v) is 1.73. The summed E-state index contributed by atoms with van der Waals surface area (Å²) in [7, 11) is 0. The van der Waals surface area contributed by atoms with Crippen LogP contribution in [0.1, 0.15) is 32.8 Å². The number of carbonyl (C=O) groups excluding carboxylic acids is 1.